The van der Waals surface area contributed by atoms with Crippen molar-refractivity contribution >= 4 is 5.91 Å². The van der Waals surface area contributed by atoms with Gasteiger partial charge in [0.25, 0.3) is 0 Å². The number of para-hydroxylation sites is 1. The SMILES string of the molecule is CCOC1CC(N)C1NC(=O)CCOc1ccccc1. The average molecular weight is 278 g/mol. The second-order valence-corrected chi connectivity index (χ2v) is 4.90. The van der Waals surface area contributed by atoms with Crippen LogP contribution in [0.15, 0.2) is 30.3 Å². The Bertz CT molecular complexity index is 422. The second-order valence-electron chi connectivity index (χ2n) is 4.90. The van der Waals surface area contributed by atoms with Crippen molar-refractivity contribution in [2.24, 2.45) is 5.73 Å². The van der Waals surface area contributed by atoms with E-state index >= 15 is 0 Å². The molecule has 1 saturated carbocycles. The third kappa shape index (κ3) is 3.95. The van der Waals surface area contributed by atoms with Gasteiger partial charge in [-0.05, 0) is 25.5 Å². The maximum absolute atomic E-state index is 11.8. The average Bonchev–Trinajstić information content (AvgIpc) is 2.46. The molecular formula is C15H22N2O3. The van der Waals surface area contributed by atoms with Gasteiger partial charge in [-0.3, -0.25) is 4.79 Å². The minimum absolute atomic E-state index is 0.00876. The first-order chi connectivity index (χ1) is 9.70. The smallest absolute Gasteiger partial charge is 0.223 e. The van der Waals surface area contributed by atoms with Crippen molar-refractivity contribution in [2.45, 2.75) is 38.0 Å². The lowest BCUT2D eigenvalue weighted by Gasteiger charge is -2.42. The van der Waals surface area contributed by atoms with Crippen molar-refractivity contribution in [1.29, 1.82) is 0 Å². The molecule has 1 aliphatic carbocycles. The van der Waals surface area contributed by atoms with Gasteiger partial charge in [-0.25, -0.2) is 0 Å². The highest BCUT2D eigenvalue weighted by Gasteiger charge is 2.40. The van der Waals surface area contributed by atoms with Crippen molar-refractivity contribution < 1.29 is 14.3 Å². The molecule has 1 aliphatic rings. The van der Waals surface area contributed by atoms with Crippen LogP contribution in [-0.4, -0.2) is 37.3 Å². The first-order valence-corrected chi connectivity index (χ1v) is 7.05. The van der Waals surface area contributed by atoms with Crippen molar-refractivity contribution in [1.82, 2.24) is 5.32 Å². The molecule has 0 spiro atoms. The number of ether oxygens (including phenoxy) is 2. The third-order valence-corrected chi connectivity index (χ3v) is 3.42. The normalized spacial score (nSPS) is 24.8. The van der Waals surface area contributed by atoms with E-state index < -0.39 is 0 Å². The van der Waals surface area contributed by atoms with Gasteiger partial charge in [-0.1, -0.05) is 18.2 Å². The third-order valence-electron chi connectivity index (χ3n) is 3.42. The molecule has 110 valence electrons. The minimum atomic E-state index is -0.0702. The van der Waals surface area contributed by atoms with Crippen LogP contribution in [0.25, 0.3) is 0 Å². The molecule has 1 amide bonds. The Morgan fingerprint density at radius 2 is 2.15 bits per heavy atom. The summed E-state index contributed by atoms with van der Waals surface area (Å²) in [6, 6.07) is 9.37. The molecule has 3 unspecified atom stereocenters. The van der Waals surface area contributed by atoms with Crippen LogP contribution in [0.3, 0.4) is 0 Å². The molecule has 5 heteroatoms. The summed E-state index contributed by atoms with van der Waals surface area (Å²) in [6.07, 6.45) is 1.17. The Morgan fingerprint density at radius 1 is 1.40 bits per heavy atom. The zero-order valence-corrected chi connectivity index (χ0v) is 11.7. The van der Waals surface area contributed by atoms with E-state index in [4.69, 9.17) is 15.2 Å². The van der Waals surface area contributed by atoms with E-state index in [1.165, 1.54) is 0 Å². The molecule has 20 heavy (non-hydrogen) atoms. The summed E-state index contributed by atoms with van der Waals surface area (Å²) in [5.41, 5.74) is 5.89. The standard InChI is InChI=1S/C15H22N2O3/c1-2-19-13-10-12(16)15(13)17-14(18)8-9-20-11-6-4-3-5-7-11/h3-7,12-13,15H,2,8-10,16H2,1H3,(H,17,18). The number of nitrogens with one attached hydrogen (secondary N) is 1. The molecule has 0 radical (unpaired) electrons. The number of benzene rings is 1. The van der Waals surface area contributed by atoms with E-state index in [2.05, 4.69) is 5.32 Å². The first-order valence-electron chi connectivity index (χ1n) is 7.05. The summed E-state index contributed by atoms with van der Waals surface area (Å²) in [4.78, 5) is 11.8. The summed E-state index contributed by atoms with van der Waals surface area (Å²) in [5.74, 6) is 0.721. The molecule has 1 aromatic rings. The molecule has 0 aromatic heterocycles. The van der Waals surface area contributed by atoms with E-state index in [9.17, 15) is 4.79 Å². The molecule has 1 aromatic carbocycles. The first kappa shape index (κ1) is 14.8. The van der Waals surface area contributed by atoms with Gasteiger partial charge in [0.05, 0.1) is 25.2 Å². The van der Waals surface area contributed by atoms with Crippen LogP contribution in [0.1, 0.15) is 19.8 Å². The predicted molar refractivity (Wildman–Crippen MR) is 76.5 cm³/mol. The van der Waals surface area contributed by atoms with Crippen LogP contribution in [0.4, 0.5) is 0 Å². The van der Waals surface area contributed by atoms with E-state index in [-0.39, 0.29) is 24.1 Å². The number of rotatable bonds is 7. The molecule has 2 rings (SSSR count). The highest BCUT2D eigenvalue weighted by Crippen LogP contribution is 2.22. The molecule has 0 heterocycles. The highest BCUT2D eigenvalue weighted by molar-refractivity contribution is 5.76. The fraction of sp³-hybridized carbons (Fsp3) is 0.533. The topological polar surface area (TPSA) is 73.6 Å². The van der Waals surface area contributed by atoms with Crippen molar-refractivity contribution in [2.75, 3.05) is 13.2 Å². The van der Waals surface area contributed by atoms with Crippen LogP contribution >= 0.6 is 0 Å². The fourth-order valence-electron chi connectivity index (χ4n) is 2.26. The van der Waals surface area contributed by atoms with Gasteiger partial charge in [0, 0.05) is 12.6 Å². The maximum atomic E-state index is 11.8. The lowest BCUT2D eigenvalue weighted by Crippen LogP contribution is -2.64. The Hall–Kier alpha value is -1.59. The molecular weight excluding hydrogens is 256 g/mol. The lowest BCUT2D eigenvalue weighted by molar-refractivity contribution is -0.126. The van der Waals surface area contributed by atoms with Gasteiger partial charge in [0.1, 0.15) is 5.75 Å². The number of carbonyl (C=O) groups is 1. The van der Waals surface area contributed by atoms with E-state index in [0.29, 0.717) is 19.6 Å². The number of nitrogens with two attached hydrogens (primary N) is 1. The molecule has 3 atom stereocenters. The van der Waals surface area contributed by atoms with E-state index in [1.807, 2.05) is 37.3 Å². The second kappa shape index (κ2) is 7.26. The van der Waals surface area contributed by atoms with Crippen LogP contribution in [0, 0.1) is 0 Å². The Balaban J connectivity index is 1.67. The van der Waals surface area contributed by atoms with Crippen LogP contribution in [0.5, 0.6) is 5.75 Å². The van der Waals surface area contributed by atoms with E-state index in [1.54, 1.807) is 0 Å². The minimum Gasteiger partial charge on any atom is -0.493 e. The number of amides is 1. The van der Waals surface area contributed by atoms with Gasteiger partial charge in [-0.2, -0.15) is 0 Å². The molecule has 0 saturated heterocycles. The Morgan fingerprint density at radius 3 is 2.80 bits per heavy atom. The van der Waals surface area contributed by atoms with Crippen molar-refractivity contribution in [3.05, 3.63) is 30.3 Å². The van der Waals surface area contributed by atoms with Crippen molar-refractivity contribution in [3.63, 3.8) is 0 Å². The Labute approximate surface area is 119 Å². The van der Waals surface area contributed by atoms with Gasteiger partial charge in [0.15, 0.2) is 0 Å². The summed E-state index contributed by atoms with van der Waals surface area (Å²) >= 11 is 0. The predicted octanol–water partition coefficient (Wildman–Crippen LogP) is 1.08. The van der Waals surface area contributed by atoms with Crippen LogP contribution in [-0.2, 0) is 9.53 Å². The largest absolute Gasteiger partial charge is 0.493 e. The Kier molecular flexibility index (Phi) is 5.38. The maximum Gasteiger partial charge on any atom is 0.223 e. The zero-order valence-electron chi connectivity index (χ0n) is 11.7. The number of hydrogen-bond donors (Lipinski definition) is 2. The van der Waals surface area contributed by atoms with Gasteiger partial charge in [0.2, 0.25) is 5.91 Å². The van der Waals surface area contributed by atoms with Crippen molar-refractivity contribution in [3.8, 4) is 5.75 Å². The summed E-state index contributed by atoms with van der Waals surface area (Å²) < 4.78 is 11.0. The molecule has 0 aliphatic heterocycles. The highest BCUT2D eigenvalue weighted by atomic mass is 16.5. The van der Waals surface area contributed by atoms with Gasteiger partial charge >= 0.3 is 0 Å². The number of carbonyl (C=O) groups excluding carboxylic acids is 1. The summed E-state index contributed by atoms with van der Waals surface area (Å²) in [5, 5.41) is 2.92. The molecule has 1 fully saturated rings. The monoisotopic (exact) mass is 278 g/mol. The fourth-order valence-corrected chi connectivity index (χ4v) is 2.26. The molecule has 3 N–H and O–H groups in total. The van der Waals surface area contributed by atoms with Gasteiger partial charge in [-0.15, -0.1) is 0 Å². The van der Waals surface area contributed by atoms with Crippen LogP contribution in [0.2, 0.25) is 0 Å². The van der Waals surface area contributed by atoms with Gasteiger partial charge < -0.3 is 20.5 Å². The molecule has 0 bridgehead atoms. The summed E-state index contributed by atoms with van der Waals surface area (Å²) in [7, 11) is 0. The zero-order chi connectivity index (χ0) is 14.4. The summed E-state index contributed by atoms with van der Waals surface area (Å²) in [6.45, 7) is 2.94. The number of hydrogen-bond acceptors (Lipinski definition) is 4. The quantitative estimate of drug-likeness (QED) is 0.782. The molecule has 5 nitrogen and oxygen atoms in total. The lowest BCUT2D eigenvalue weighted by atomic mass is 9.83. The van der Waals surface area contributed by atoms with E-state index in [0.717, 1.165) is 12.2 Å². The van der Waals surface area contributed by atoms with Crippen LogP contribution < -0.4 is 15.8 Å².